The Morgan fingerprint density at radius 3 is 0.792 bits per heavy atom. The Morgan fingerprint density at radius 2 is 0.583 bits per heavy atom. The van der Waals surface area contributed by atoms with Crippen molar-refractivity contribution in [3.63, 3.8) is 0 Å². The highest BCUT2D eigenvalue weighted by Crippen LogP contribution is 2.42. The molecule has 29 nitrogen and oxygen atoms in total. The van der Waals surface area contributed by atoms with Gasteiger partial charge in [-0.15, -0.1) is 0 Å². The molecule has 144 heavy (non-hydrogen) atoms. The third-order valence-corrected chi connectivity index (χ3v) is 28.6. The average molecular weight is 1980 g/mol. The van der Waals surface area contributed by atoms with Gasteiger partial charge >= 0.3 is 0 Å². The summed E-state index contributed by atoms with van der Waals surface area (Å²) in [5.41, 5.74) is 10.1. The monoisotopic (exact) mass is 1980 g/mol. The zero-order chi connectivity index (χ0) is 103. The SMILES string of the molecule is CC(C)c1cc(-c2ccc(F)cc2)nc2cc(C(=O)N3CCN(C(=O)C4(O)CCC4)[C@@H](C)C3)oc12.CC(C)c1cc(-c2ccc(F)cc2)nc2cc(C(=O)N3CCN(C(=O)C4(O)CCC4)[C@@H](C)C3)oc12.CC(C)c1cc(-c2ccc(F)cc2)nc2cc(C(=O)N3CCN(C(=O)C4(O)CCOCC4)[C@@H](C)C3)oc12.CC(C)c1cc(-c2ccc(F)cc2)nc2cc(C(=O)N3CCN(C(=O)[C@H](O)CC(C)(C)C)[C@@H](C)C3)oc12. The molecule has 7 aliphatic rings. The number of halogens is 4. The average Bonchev–Trinajstić information content (AvgIpc) is 1.64. The number of furan rings is 4. The van der Waals surface area contributed by atoms with Crippen molar-refractivity contribution in [3.8, 4) is 45.0 Å². The summed E-state index contributed by atoms with van der Waals surface area (Å²) in [6.07, 6.45) is 3.60. The van der Waals surface area contributed by atoms with Gasteiger partial charge in [0.15, 0.2) is 45.4 Å². The number of aromatic nitrogens is 4. The third-order valence-electron chi connectivity index (χ3n) is 28.6. The van der Waals surface area contributed by atoms with Crippen LogP contribution in [0.1, 0.15) is 250 Å². The predicted molar refractivity (Wildman–Crippen MR) is 535 cm³/mol. The first-order valence-electron chi connectivity index (χ1n) is 50.0. The molecule has 19 rings (SSSR count). The van der Waals surface area contributed by atoms with E-state index in [1.807, 2.05) is 128 Å². The van der Waals surface area contributed by atoms with E-state index < -0.39 is 22.9 Å². The molecule has 12 aromatic rings. The van der Waals surface area contributed by atoms with E-state index in [1.165, 1.54) is 48.5 Å². The molecular formula is C111H128F4N12O17. The highest BCUT2D eigenvalue weighted by atomic mass is 19.1. The number of aliphatic hydroxyl groups is 4. The first-order valence-corrected chi connectivity index (χ1v) is 50.0. The number of carbonyl (C=O) groups excluding carboxylic acids is 8. The number of rotatable bonds is 17. The van der Waals surface area contributed by atoms with Gasteiger partial charge in [0.1, 0.15) is 68.2 Å². The molecule has 4 N–H and O–H groups in total. The predicted octanol–water partition coefficient (Wildman–Crippen LogP) is 17.9. The van der Waals surface area contributed by atoms with E-state index in [2.05, 4.69) is 0 Å². The number of ether oxygens (including phenoxy) is 1. The molecule has 5 aliphatic heterocycles. The van der Waals surface area contributed by atoms with Crippen LogP contribution in [-0.2, 0) is 23.9 Å². The molecule has 0 unspecified atom stereocenters. The maximum Gasteiger partial charge on any atom is 0.289 e. The fraction of sp³-hybridized carbons (Fsp3) is 0.459. The summed E-state index contributed by atoms with van der Waals surface area (Å²) in [6, 6.07) is 38.1. The van der Waals surface area contributed by atoms with Crippen LogP contribution in [0, 0.1) is 28.7 Å². The van der Waals surface area contributed by atoms with Crippen molar-refractivity contribution in [2.45, 2.75) is 232 Å². The highest BCUT2D eigenvalue weighted by molar-refractivity contribution is 6.01. The summed E-state index contributed by atoms with van der Waals surface area (Å²) in [4.78, 5) is 137. The van der Waals surface area contributed by atoms with Gasteiger partial charge < -0.3 is 82.0 Å². The van der Waals surface area contributed by atoms with Crippen LogP contribution in [0.4, 0.5) is 17.6 Å². The lowest BCUT2D eigenvalue weighted by Gasteiger charge is -2.45. The Bertz CT molecular complexity index is 6570. The molecule has 0 bridgehead atoms. The number of carbonyl (C=O) groups is 8. The molecule has 4 aromatic carbocycles. The van der Waals surface area contributed by atoms with E-state index in [0.29, 0.717) is 191 Å². The van der Waals surface area contributed by atoms with E-state index in [9.17, 15) is 76.3 Å². The second-order valence-corrected chi connectivity index (χ2v) is 42.0. The number of fused-ring (bicyclic) bond motifs is 4. The number of hydrogen-bond donors (Lipinski definition) is 4. The van der Waals surface area contributed by atoms with Gasteiger partial charge in [-0.1, -0.05) is 76.2 Å². The van der Waals surface area contributed by atoms with Crippen molar-refractivity contribution in [2.24, 2.45) is 5.41 Å². The quantitative estimate of drug-likeness (QED) is 0.0615. The Labute approximate surface area is 833 Å². The molecule has 13 heterocycles. The van der Waals surface area contributed by atoms with Gasteiger partial charge in [0.25, 0.3) is 47.3 Å². The summed E-state index contributed by atoms with van der Waals surface area (Å²) in [5, 5.41) is 42.2. The number of piperazine rings is 4. The van der Waals surface area contributed by atoms with Crippen LogP contribution < -0.4 is 0 Å². The van der Waals surface area contributed by atoms with Gasteiger partial charge in [-0.3, -0.25) is 38.4 Å². The largest absolute Gasteiger partial charge is 0.449 e. The normalized spacial score (nSPS) is 19.2. The maximum atomic E-state index is 13.4. The summed E-state index contributed by atoms with van der Waals surface area (Å²) in [5.74, 6) is -2.04. The van der Waals surface area contributed by atoms with Gasteiger partial charge in [-0.2, -0.15) is 0 Å². The highest BCUT2D eigenvalue weighted by Gasteiger charge is 2.50. The third kappa shape index (κ3) is 22.2. The number of benzene rings is 4. The van der Waals surface area contributed by atoms with Gasteiger partial charge in [-0.25, -0.2) is 37.5 Å². The Kier molecular flexibility index (Phi) is 30.5. The minimum Gasteiger partial charge on any atom is -0.449 e. The summed E-state index contributed by atoms with van der Waals surface area (Å²) in [6.45, 7) is 34.8. The van der Waals surface area contributed by atoms with Crippen molar-refractivity contribution in [3.05, 3.63) is 214 Å². The van der Waals surface area contributed by atoms with Crippen molar-refractivity contribution in [1.82, 2.24) is 59.1 Å². The van der Waals surface area contributed by atoms with Crippen LogP contribution in [0.5, 0.6) is 0 Å². The van der Waals surface area contributed by atoms with Crippen LogP contribution in [-0.4, -0.2) is 266 Å². The molecule has 0 spiro atoms. The van der Waals surface area contributed by atoms with Crippen LogP contribution >= 0.6 is 0 Å². The molecule has 762 valence electrons. The second-order valence-electron chi connectivity index (χ2n) is 42.0. The van der Waals surface area contributed by atoms with Gasteiger partial charge in [-0.05, 0) is 223 Å². The Morgan fingerprint density at radius 1 is 0.354 bits per heavy atom. The first-order chi connectivity index (χ1) is 68.3. The molecule has 7 fully saturated rings. The number of nitrogens with zero attached hydrogens (tertiary/aromatic N) is 12. The minimum absolute atomic E-state index is 0.115. The second kappa shape index (κ2) is 42.3. The molecule has 0 radical (unpaired) electrons. The summed E-state index contributed by atoms with van der Waals surface area (Å²) in [7, 11) is 0. The van der Waals surface area contributed by atoms with Crippen LogP contribution in [0.25, 0.3) is 89.4 Å². The van der Waals surface area contributed by atoms with E-state index >= 15 is 0 Å². The zero-order valence-corrected chi connectivity index (χ0v) is 84.3. The summed E-state index contributed by atoms with van der Waals surface area (Å²) < 4.78 is 83.1. The lowest BCUT2D eigenvalue weighted by molar-refractivity contribution is -0.165. The molecule has 5 saturated heterocycles. The fourth-order valence-electron chi connectivity index (χ4n) is 19.9. The van der Waals surface area contributed by atoms with Gasteiger partial charge in [0.2, 0.25) is 0 Å². The summed E-state index contributed by atoms with van der Waals surface area (Å²) >= 11 is 0. The van der Waals surface area contributed by atoms with Crippen LogP contribution in [0.2, 0.25) is 0 Å². The molecule has 2 saturated carbocycles. The van der Waals surface area contributed by atoms with E-state index in [4.69, 9.17) is 42.3 Å². The van der Waals surface area contributed by atoms with Crippen LogP contribution in [0.3, 0.4) is 0 Å². The topological polar surface area (TPSA) is 357 Å². The smallest absolute Gasteiger partial charge is 0.289 e. The molecule has 8 amide bonds. The Hall–Kier alpha value is -13.1. The zero-order valence-electron chi connectivity index (χ0n) is 84.3. The minimum atomic E-state index is -1.40. The first kappa shape index (κ1) is 104. The molecular weight excluding hydrogens is 1850 g/mol. The van der Waals surface area contributed by atoms with Crippen molar-refractivity contribution in [2.75, 3.05) is 91.8 Å². The standard InChI is InChI=1S/C29H36FN3O4.C28H32FN3O5.2C27H30FN3O4/c1-17(2)21-13-22(19-7-9-20(30)10-8-19)31-23-14-25(37-26(21)23)28(36)32-11-12-33(18(3)16-32)27(35)24(34)15-29(4,5)6;1-17(2)21-14-22(19-4-6-20(29)7-5-19)30-23-15-24(37-25(21)23)26(33)31-10-11-32(18(3)16-31)27(34)28(35)8-12-36-13-9-28;2*1-16(2)20-13-21(18-5-7-19(28)8-6-18)29-22-14-23(35-24(20)22)25(32)30-11-12-31(17(3)15-30)26(33)27(34)9-4-10-27/h7-10,13-14,17-18,24,34H,11-12,15-16H2,1-6H3;4-7,14-15,17-18,35H,8-13,16H2,1-3H3;2*5-8,13-14,16-17,34H,4,9-12,15H2,1-3H3/t18-,24+;18-;2*17-/m0000/s1. The lowest BCUT2D eigenvalue weighted by Crippen LogP contribution is -2.62. The number of pyridine rings is 4. The molecule has 33 heteroatoms. The van der Waals surface area contributed by atoms with Crippen molar-refractivity contribution < 1.29 is 98.7 Å². The maximum absolute atomic E-state index is 13.4. The van der Waals surface area contributed by atoms with E-state index in [0.717, 1.165) is 57.3 Å². The molecule has 2 aliphatic carbocycles. The number of aliphatic hydroxyl groups excluding tert-OH is 1. The van der Waals surface area contributed by atoms with Gasteiger partial charge in [0.05, 0.1) is 22.8 Å². The van der Waals surface area contributed by atoms with Crippen molar-refractivity contribution in [1.29, 1.82) is 0 Å². The van der Waals surface area contributed by atoms with Crippen molar-refractivity contribution >= 4 is 91.7 Å². The lowest BCUT2D eigenvalue weighted by atomic mass is 9.79. The Balaban J connectivity index is 0.000000138. The number of hydrogen-bond acceptors (Lipinski definition) is 21. The van der Waals surface area contributed by atoms with E-state index in [-0.39, 0.29) is 160 Å². The molecule has 8 aromatic heterocycles. The van der Waals surface area contributed by atoms with E-state index in [1.54, 1.807) is 112 Å². The van der Waals surface area contributed by atoms with Gasteiger partial charge in [0, 0.05) is 198 Å². The number of amides is 8. The molecule has 5 atom stereocenters. The van der Waals surface area contributed by atoms with Crippen LogP contribution in [0.15, 0.2) is 163 Å². The fourth-order valence-corrected chi connectivity index (χ4v) is 19.9.